The zero-order valence-electron chi connectivity index (χ0n) is 7.46. The zero-order valence-corrected chi connectivity index (χ0v) is 8.21. The molecule has 0 aliphatic carbocycles. The second-order valence-electron chi connectivity index (χ2n) is 3.35. The first-order valence-electron chi connectivity index (χ1n) is 4.34. The van der Waals surface area contributed by atoms with E-state index < -0.39 is 0 Å². The second-order valence-corrected chi connectivity index (χ2v) is 3.76. The van der Waals surface area contributed by atoms with Gasteiger partial charge in [-0.25, -0.2) is 0 Å². The fourth-order valence-corrected chi connectivity index (χ4v) is 1.96. The van der Waals surface area contributed by atoms with Gasteiger partial charge in [-0.15, -0.1) is 0 Å². The number of nitrogens with two attached hydrogens (primary N) is 1. The van der Waals surface area contributed by atoms with Crippen molar-refractivity contribution in [2.45, 2.75) is 25.7 Å². The maximum absolute atomic E-state index is 6.07. The minimum Gasteiger partial charge on any atom is -0.372 e. The van der Waals surface area contributed by atoms with Gasteiger partial charge in [0.1, 0.15) is 0 Å². The summed E-state index contributed by atoms with van der Waals surface area (Å²) in [6, 6.07) is 5.70. The van der Waals surface area contributed by atoms with Crippen LogP contribution in [0.3, 0.4) is 0 Å². The van der Waals surface area contributed by atoms with E-state index in [1.807, 2.05) is 25.1 Å². The third kappa shape index (κ3) is 1.46. The van der Waals surface area contributed by atoms with Crippen LogP contribution in [0.1, 0.15) is 24.1 Å². The summed E-state index contributed by atoms with van der Waals surface area (Å²) in [6.45, 7) is 2.59. The molecule has 0 fully saturated rings. The van der Waals surface area contributed by atoms with E-state index in [-0.39, 0.29) is 12.1 Å². The molecule has 0 amide bonds. The number of halogens is 1. The molecule has 2 N–H and O–H groups in total. The van der Waals surface area contributed by atoms with Crippen LogP contribution < -0.4 is 5.73 Å². The van der Waals surface area contributed by atoms with Crippen LogP contribution in [-0.2, 0) is 11.3 Å². The van der Waals surface area contributed by atoms with E-state index in [9.17, 15) is 0 Å². The molecule has 2 atom stereocenters. The molecule has 1 heterocycles. The van der Waals surface area contributed by atoms with Gasteiger partial charge in [0.2, 0.25) is 0 Å². The van der Waals surface area contributed by atoms with Gasteiger partial charge < -0.3 is 10.5 Å². The van der Waals surface area contributed by atoms with Crippen LogP contribution in [0.2, 0.25) is 5.02 Å². The van der Waals surface area contributed by atoms with Crippen molar-refractivity contribution < 1.29 is 4.74 Å². The molecular formula is C10H12ClNO. The Morgan fingerprint density at radius 2 is 2.31 bits per heavy atom. The third-order valence-electron chi connectivity index (χ3n) is 2.48. The highest BCUT2D eigenvalue weighted by molar-refractivity contribution is 6.31. The van der Waals surface area contributed by atoms with Gasteiger partial charge in [0, 0.05) is 5.02 Å². The highest BCUT2D eigenvalue weighted by atomic mass is 35.5. The first kappa shape index (κ1) is 9.00. The van der Waals surface area contributed by atoms with E-state index in [2.05, 4.69) is 0 Å². The lowest BCUT2D eigenvalue weighted by Crippen LogP contribution is -2.31. The van der Waals surface area contributed by atoms with Crippen molar-refractivity contribution in [1.29, 1.82) is 0 Å². The van der Waals surface area contributed by atoms with Crippen LogP contribution in [0.15, 0.2) is 18.2 Å². The molecule has 1 aliphatic rings. The predicted molar refractivity (Wildman–Crippen MR) is 52.6 cm³/mol. The average Bonchev–Trinajstić information content (AvgIpc) is 2.12. The van der Waals surface area contributed by atoms with Crippen LogP contribution in [0.25, 0.3) is 0 Å². The summed E-state index contributed by atoms with van der Waals surface area (Å²) in [5.74, 6) is 0. The summed E-state index contributed by atoms with van der Waals surface area (Å²) in [5, 5.41) is 0.750. The van der Waals surface area contributed by atoms with Gasteiger partial charge in [0.15, 0.2) is 0 Å². The number of rotatable bonds is 0. The quantitative estimate of drug-likeness (QED) is 0.693. The molecule has 0 spiro atoms. The molecular weight excluding hydrogens is 186 g/mol. The van der Waals surface area contributed by atoms with Crippen molar-refractivity contribution in [3.05, 3.63) is 34.3 Å². The van der Waals surface area contributed by atoms with Crippen molar-refractivity contribution in [3.8, 4) is 0 Å². The van der Waals surface area contributed by atoms with Crippen LogP contribution in [0, 0.1) is 0 Å². The third-order valence-corrected chi connectivity index (χ3v) is 2.81. The van der Waals surface area contributed by atoms with Crippen molar-refractivity contribution >= 4 is 11.6 Å². The summed E-state index contributed by atoms with van der Waals surface area (Å²) in [4.78, 5) is 0. The van der Waals surface area contributed by atoms with Gasteiger partial charge in [0.25, 0.3) is 0 Å². The Bertz CT molecular complexity index is 327. The molecule has 2 nitrogen and oxygen atoms in total. The zero-order chi connectivity index (χ0) is 9.42. The summed E-state index contributed by atoms with van der Waals surface area (Å²) in [7, 11) is 0. The van der Waals surface area contributed by atoms with Gasteiger partial charge in [-0.1, -0.05) is 23.7 Å². The number of hydrogen-bond donors (Lipinski definition) is 1. The second kappa shape index (κ2) is 3.29. The summed E-state index contributed by atoms with van der Waals surface area (Å²) in [5.41, 5.74) is 8.13. The van der Waals surface area contributed by atoms with E-state index in [1.165, 1.54) is 0 Å². The Hall–Kier alpha value is -0.570. The molecule has 1 aromatic carbocycles. The largest absolute Gasteiger partial charge is 0.372 e. The van der Waals surface area contributed by atoms with Gasteiger partial charge in [-0.3, -0.25) is 0 Å². The molecule has 1 aromatic rings. The van der Waals surface area contributed by atoms with E-state index in [0.717, 1.165) is 16.1 Å². The first-order valence-corrected chi connectivity index (χ1v) is 4.72. The Kier molecular flexibility index (Phi) is 2.28. The Morgan fingerprint density at radius 3 is 3.08 bits per heavy atom. The topological polar surface area (TPSA) is 35.2 Å². The number of fused-ring (bicyclic) bond motifs is 1. The number of ether oxygens (including phenoxy) is 1. The van der Waals surface area contributed by atoms with Crippen molar-refractivity contribution in [2.75, 3.05) is 0 Å². The molecule has 13 heavy (non-hydrogen) atoms. The number of hydrogen-bond acceptors (Lipinski definition) is 2. The van der Waals surface area contributed by atoms with E-state index in [4.69, 9.17) is 22.1 Å². The predicted octanol–water partition coefficient (Wildman–Crippen LogP) is 2.26. The van der Waals surface area contributed by atoms with Crippen LogP contribution in [0.5, 0.6) is 0 Å². The molecule has 0 radical (unpaired) electrons. The van der Waals surface area contributed by atoms with E-state index in [0.29, 0.717) is 6.61 Å². The molecule has 0 unspecified atom stereocenters. The highest BCUT2D eigenvalue weighted by Gasteiger charge is 2.25. The Morgan fingerprint density at radius 1 is 1.54 bits per heavy atom. The lowest BCUT2D eigenvalue weighted by atomic mass is 9.95. The molecule has 3 heteroatoms. The fourth-order valence-electron chi connectivity index (χ4n) is 1.64. The van der Waals surface area contributed by atoms with Gasteiger partial charge in [-0.05, 0) is 24.1 Å². The fraction of sp³-hybridized carbons (Fsp3) is 0.400. The molecule has 0 bridgehead atoms. The lowest BCUT2D eigenvalue weighted by Gasteiger charge is -2.29. The average molecular weight is 198 g/mol. The monoisotopic (exact) mass is 197 g/mol. The number of benzene rings is 1. The molecule has 1 aliphatic heterocycles. The SMILES string of the molecule is C[C@H]1OCc2cccc(Cl)c2[C@H]1N. The highest BCUT2D eigenvalue weighted by Crippen LogP contribution is 2.32. The lowest BCUT2D eigenvalue weighted by molar-refractivity contribution is 0.0214. The smallest absolute Gasteiger partial charge is 0.0744 e. The minimum absolute atomic E-state index is 0.0485. The molecule has 2 rings (SSSR count). The van der Waals surface area contributed by atoms with E-state index in [1.54, 1.807) is 0 Å². The van der Waals surface area contributed by atoms with Crippen LogP contribution >= 0.6 is 11.6 Å². The summed E-state index contributed by atoms with van der Waals surface area (Å²) in [6.07, 6.45) is 0.0485. The van der Waals surface area contributed by atoms with Crippen molar-refractivity contribution in [2.24, 2.45) is 5.73 Å². The molecule has 0 aromatic heterocycles. The van der Waals surface area contributed by atoms with Crippen LogP contribution in [0.4, 0.5) is 0 Å². The van der Waals surface area contributed by atoms with Gasteiger partial charge in [0.05, 0.1) is 18.8 Å². The standard InChI is InChI=1S/C10H12ClNO/c1-6-10(12)9-7(5-13-6)3-2-4-8(9)11/h2-4,6,10H,5,12H2,1H3/t6-,10+/m1/s1. The maximum atomic E-state index is 6.07. The Balaban J connectivity index is 2.51. The van der Waals surface area contributed by atoms with Crippen molar-refractivity contribution in [1.82, 2.24) is 0 Å². The molecule has 0 saturated heterocycles. The summed E-state index contributed by atoms with van der Waals surface area (Å²) >= 11 is 6.07. The van der Waals surface area contributed by atoms with Gasteiger partial charge >= 0.3 is 0 Å². The first-order chi connectivity index (χ1) is 6.20. The van der Waals surface area contributed by atoms with Gasteiger partial charge in [-0.2, -0.15) is 0 Å². The maximum Gasteiger partial charge on any atom is 0.0744 e. The normalized spacial score (nSPS) is 27.0. The molecule has 70 valence electrons. The summed E-state index contributed by atoms with van der Waals surface area (Å²) < 4.78 is 5.49. The minimum atomic E-state index is -0.0996. The molecule has 0 saturated carbocycles. The van der Waals surface area contributed by atoms with Crippen LogP contribution in [-0.4, -0.2) is 6.10 Å². The Labute approximate surface area is 82.6 Å². The van der Waals surface area contributed by atoms with E-state index >= 15 is 0 Å². The van der Waals surface area contributed by atoms with Crippen molar-refractivity contribution in [3.63, 3.8) is 0 Å².